The summed E-state index contributed by atoms with van der Waals surface area (Å²) >= 11 is 0. The number of phenolic OH excluding ortho intramolecular Hbond substituents is 1. The lowest BCUT2D eigenvalue weighted by Crippen LogP contribution is -2.20. The van der Waals surface area contributed by atoms with Crippen LogP contribution in [-0.4, -0.2) is 46.6 Å². The van der Waals surface area contributed by atoms with Crippen molar-refractivity contribution >= 4 is 27.6 Å². The first kappa shape index (κ1) is 24.5. The molecule has 9 nitrogen and oxygen atoms in total. The zero-order chi connectivity index (χ0) is 27.1. The Morgan fingerprint density at radius 1 is 0.949 bits per heavy atom. The molecule has 0 spiro atoms. The van der Waals surface area contributed by atoms with Crippen LogP contribution in [0.25, 0.3) is 55.8 Å². The van der Waals surface area contributed by atoms with E-state index in [2.05, 4.69) is 44.3 Å². The van der Waals surface area contributed by atoms with Crippen LogP contribution in [0.2, 0.25) is 0 Å². The normalized spacial score (nSPS) is 12.4. The van der Waals surface area contributed by atoms with Gasteiger partial charge in [-0.2, -0.15) is 5.10 Å². The molecule has 10 heteroatoms. The molecule has 1 unspecified atom stereocenters. The number of rotatable bonds is 7. The predicted octanol–water partition coefficient (Wildman–Crippen LogP) is 5.85. The van der Waals surface area contributed by atoms with Gasteiger partial charge in [0.1, 0.15) is 29.0 Å². The molecule has 0 aliphatic carbocycles. The van der Waals surface area contributed by atoms with E-state index < -0.39 is 12.0 Å². The summed E-state index contributed by atoms with van der Waals surface area (Å²) in [7, 11) is 0. The molecule has 0 radical (unpaired) electrons. The first-order chi connectivity index (χ1) is 18.8. The average molecular weight is 524 g/mol. The number of anilines is 1. The van der Waals surface area contributed by atoms with Gasteiger partial charge in [-0.3, -0.25) is 15.1 Å². The van der Waals surface area contributed by atoms with Crippen LogP contribution in [-0.2, 0) is 0 Å². The number of phenols is 1. The number of halogens is 1. The van der Waals surface area contributed by atoms with E-state index in [4.69, 9.17) is 4.98 Å². The largest absolute Gasteiger partial charge is 0.508 e. The molecular formula is C29H26FN7O2. The highest BCUT2D eigenvalue weighted by atomic mass is 19.1. The summed E-state index contributed by atoms with van der Waals surface area (Å²) in [4.78, 5) is 16.8. The lowest BCUT2D eigenvalue weighted by atomic mass is 10.0. The third kappa shape index (κ3) is 4.89. The van der Waals surface area contributed by atoms with Crippen molar-refractivity contribution in [1.29, 1.82) is 0 Å². The lowest BCUT2D eigenvalue weighted by molar-refractivity contribution is 0.176. The number of nitrogens with one attached hydrogen (secondary N) is 3. The van der Waals surface area contributed by atoms with Crippen LogP contribution in [0.1, 0.15) is 20.3 Å². The first-order valence-corrected chi connectivity index (χ1v) is 12.6. The maximum atomic E-state index is 14.0. The molecule has 0 saturated carbocycles. The monoisotopic (exact) mass is 523 g/mol. The number of aliphatic hydroxyl groups excluding tert-OH is 1. The number of hydrogen-bond donors (Lipinski definition) is 5. The summed E-state index contributed by atoms with van der Waals surface area (Å²) in [5.41, 5.74) is 6.09. The number of aromatic nitrogens is 6. The molecule has 1 atom stereocenters. The summed E-state index contributed by atoms with van der Waals surface area (Å²) < 4.78 is 14.0. The highest BCUT2D eigenvalue weighted by Gasteiger charge is 2.17. The number of hydrogen-bond acceptors (Lipinski definition) is 7. The van der Waals surface area contributed by atoms with Gasteiger partial charge < -0.3 is 20.5 Å². The van der Waals surface area contributed by atoms with E-state index in [9.17, 15) is 14.6 Å². The number of fused-ring (bicyclic) bond motifs is 2. The van der Waals surface area contributed by atoms with Crippen molar-refractivity contribution in [2.75, 3.05) is 5.32 Å². The van der Waals surface area contributed by atoms with E-state index in [0.717, 1.165) is 33.8 Å². The first-order valence-electron chi connectivity index (χ1n) is 12.6. The average Bonchev–Trinajstić information content (AvgIpc) is 3.51. The summed E-state index contributed by atoms with van der Waals surface area (Å²) in [6.45, 7) is 4.12. The van der Waals surface area contributed by atoms with Gasteiger partial charge in [0.15, 0.2) is 5.82 Å². The zero-order valence-electron chi connectivity index (χ0n) is 21.3. The Morgan fingerprint density at radius 3 is 2.64 bits per heavy atom. The molecule has 5 N–H and O–H groups in total. The fourth-order valence-electron chi connectivity index (χ4n) is 4.72. The van der Waals surface area contributed by atoms with Crippen molar-refractivity contribution in [1.82, 2.24) is 30.1 Å². The molecule has 0 fully saturated rings. The number of aromatic hydroxyl groups is 1. The molecule has 39 heavy (non-hydrogen) atoms. The minimum absolute atomic E-state index is 0.187. The van der Waals surface area contributed by atoms with E-state index in [1.165, 1.54) is 12.1 Å². The van der Waals surface area contributed by atoms with Crippen molar-refractivity contribution in [2.45, 2.75) is 26.5 Å². The van der Waals surface area contributed by atoms with E-state index in [-0.39, 0.29) is 5.75 Å². The SMILES string of the molecule is CC(C)CC(O)Nc1cncc(-c2ccc3[nH]nc(-c4nc5c(-c6cc(O)cc(F)c6)nccc5[nH]4)c3c2)c1. The Balaban J connectivity index is 1.38. The highest BCUT2D eigenvalue weighted by Crippen LogP contribution is 2.33. The molecular weight excluding hydrogens is 497 g/mol. The number of imidazole rings is 1. The van der Waals surface area contributed by atoms with Gasteiger partial charge in [0, 0.05) is 35.0 Å². The Labute approximate surface area is 222 Å². The second kappa shape index (κ2) is 9.80. The van der Waals surface area contributed by atoms with Gasteiger partial charge in [-0.05, 0) is 54.3 Å². The summed E-state index contributed by atoms with van der Waals surface area (Å²) in [5.74, 6) is 0.132. The van der Waals surface area contributed by atoms with Gasteiger partial charge in [-0.1, -0.05) is 19.9 Å². The van der Waals surface area contributed by atoms with Crippen molar-refractivity contribution in [3.05, 3.63) is 72.9 Å². The molecule has 6 rings (SSSR count). The highest BCUT2D eigenvalue weighted by molar-refractivity contribution is 5.97. The van der Waals surface area contributed by atoms with Crippen LogP contribution < -0.4 is 5.32 Å². The molecule has 4 aromatic heterocycles. The maximum absolute atomic E-state index is 14.0. The number of aromatic amines is 2. The van der Waals surface area contributed by atoms with Crippen molar-refractivity contribution in [3.63, 3.8) is 0 Å². The number of nitrogens with zero attached hydrogens (tertiary/aromatic N) is 4. The van der Waals surface area contributed by atoms with Crippen LogP contribution in [0.15, 0.2) is 67.1 Å². The standard InChI is InChI=1S/C29H26FN7O2/c1-15(2)7-25(39)33-20-9-18(13-31-14-20)16-3-4-23-22(11-16)27(37-36-23)29-34-24-5-6-32-26(28(24)35-29)17-8-19(30)12-21(38)10-17/h3-6,8-15,25,33,38-39H,7H2,1-2H3,(H,34,35)(H,36,37). The van der Waals surface area contributed by atoms with Gasteiger partial charge in [-0.25, -0.2) is 9.37 Å². The van der Waals surface area contributed by atoms with Gasteiger partial charge >= 0.3 is 0 Å². The molecule has 2 aromatic carbocycles. The van der Waals surface area contributed by atoms with E-state index in [0.29, 0.717) is 46.1 Å². The second-order valence-corrected chi connectivity index (χ2v) is 9.92. The predicted molar refractivity (Wildman–Crippen MR) is 148 cm³/mol. The number of pyridine rings is 2. The van der Waals surface area contributed by atoms with Gasteiger partial charge in [0.2, 0.25) is 0 Å². The molecule has 0 saturated heterocycles. The molecule has 0 amide bonds. The summed E-state index contributed by atoms with van der Waals surface area (Å²) in [5, 5.41) is 31.7. The van der Waals surface area contributed by atoms with Gasteiger partial charge in [0.25, 0.3) is 0 Å². The minimum Gasteiger partial charge on any atom is -0.508 e. The Morgan fingerprint density at radius 2 is 1.82 bits per heavy atom. The van der Waals surface area contributed by atoms with Crippen LogP contribution in [0.4, 0.5) is 10.1 Å². The van der Waals surface area contributed by atoms with Crippen LogP contribution in [0, 0.1) is 11.7 Å². The fraction of sp³-hybridized carbons (Fsp3) is 0.172. The Hall–Kier alpha value is -4.83. The van der Waals surface area contributed by atoms with Crippen LogP contribution in [0.5, 0.6) is 5.75 Å². The Bertz CT molecular complexity index is 1790. The summed E-state index contributed by atoms with van der Waals surface area (Å²) in [6, 6.07) is 13.5. The Kier molecular flexibility index (Phi) is 6.16. The van der Waals surface area contributed by atoms with E-state index in [1.54, 1.807) is 24.7 Å². The van der Waals surface area contributed by atoms with Crippen LogP contribution >= 0.6 is 0 Å². The lowest BCUT2D eigenvalue weighted by Gasteiger charge is -2.16. The molecule has 4 heterocycles. The third-order valence-electron chi connectivity index (χ3n) is 6.44. The number of aliphatic hydroxyl groups is 1. The van der Waals surface area contributed by atoms with Gasteiger partial charge in [-0.15, -0.1) is 0 Å². The summed E-state index contributed by atoms with van der Waals surface area (Å²) in [6.07, 6.45) is 5.04. The zero-order valence-corrected chi connectivity index (χ0v) is 21.3. The smallest absolute Gasteiger partial charge is 0.159 e. The van der Waals surface area contributed by atoms with Crippen molar-refractivity contribution < 1.29 is 14.6 Å². The van der Waals surface area contributed by atoms with Crippen LogP contribution in [0.3, 0.4) is 0 Å². The maximum Gasteiger partial charge on any atom is 0.159 e. The fourth-order valence-corrected chi connectivity index (χ4v) is 4.72. The van der Waals surface area contributed by atoms with Crippen molar-refractivity contribution in [3.8, 4) is 39.7 Å². The second-order valence-electron chi connectivity index (χ2n) is 9.92. The molecule has 0 bridgehead atoms. The molecule has 6 aromatic rings. The van der Waals surface area contributed by atoms with Crippen molar-refractivity contribution in [2.24, 2.45) is 5.92 Å². The minimum atomic E-state index is -0.659. The van der Waals surface area contributed by atoms with E-state index in [1.807, 2.05) is 24.3 Å². The third-order valence-corrected chi connectivity index (χ3v) is 6.44. The quantitative estimate of drug-likeness (QED) is 0.166. The molecule has 0 aliphatic rings. The molecule has 0 aliphatic heterocycles. The number of benzene rings is 2. The topological polar surface area (TPSA) is 136 Å². The number of H-pyrrole nitrogens is 2. The van der Waals surface area contributed by atoms with E-state index >= 15 is 0 Å². The molecule has 196 valence electrons. The van der Waals surface area contributed by atoms with Gasteiger partial charge in [0.05, 0.1) is 28.6 Å².